The summed E-state index contributed by atoms with van der Waals surface area (Å²) in [7, 11) is 2.12. The van der Waals surface area contributed by atoms with Crippen LogP contribution in [0.3, 0.4) is 0 Å². The summed E-state index contributed by atoms with van der Waals surface area (Å²) in [5, 5.41) is 0. The van der Waals surface area contributed by atoms with Gasteiger partial charge in [-0.15, -0.1) is 0 Å². The molecule has 1 atom stereocenters. The molecule has 4 heteroatoms. The molecule has 0 aromatic carbocycles. The lowest BCUT2D eigenvalue weighted by Crippen LogP contribution is -2.30. The van der Waals surface area contributed by atoms with E-state index in [0.717, 1.165) is 25.5 Å². The highest BCUT2D eigenvalue weighted by atomic mass is 16.5. The van der Waals surface area contributed by atoms with Crippen molar-refractivity contribution in [1.82, 2.24) is 4.98 Å². The molecule has 1 saturated heterocycles. The lowest BCUT2D eigenvalue weighted by molar-refractivity contribution is 0.0576. The van der Waals surface area contributed by atoms with E-state index in [4.69, 9.17) is 10.5 Å². The molecule has 0 radical (unpaired) electrons. The van der Waals surface area contributed by atoms with Crippen molar-refractivity contribution in [3.63, 3.8) is 0 Å². The first-order valence-corrected chi connectivity index (χ1v) is 6.23. The fraction of sp³-hybridized carbons (Fsp3) is 0.615. The van der Waals surface area contributed by atoms with E-state index in [1.807, 2.05) is 12.3 Å². The van der Waals surface area contributed by atoms with Gasteiger partial charge in [0.15, 0.2) is 0 Å². The Kier molecular flexibility index (Phi) is 4.34. The van der Waals surface area contributed by atoms with Crippen LogP contribution in [0.15, 0.2) is 18.3 Å². The summed E-state index contributed by atoms with van der Waals surface area (Å²) < 4.78 is 5.50. The molecule has 17 heavy (non-hydrogen) atoms. The molecule has 1 aromatic rings. The molecule has 0 aliphatic carbocycles. The monoisotopic (exact) mass is 235 g/mol. The van der Waals surface area contributed by atoms with Gasteiger partial charge < -0.3 is 15.4 Å². The van der Waals surface area contributed by atoms with Gasteiger partial charge in [-0.1, -0.05) is 0 Å². The van der Waals surface area contributed by atoms with Gasteiger partial charge in [-0.2, -0.15) is 0 Å². The third-order valence-corrected chi connectivity index (χ3v) is 3.24. The Labute approximate surface area is 103 Å². The van der Waals surface area contributed by atoms with Gasteiger partial charge in [0.2, 0.25) is 0 Å². The number of aromatic nitrogens is 1. The molecule has 2 heterocycles. The van der Waals surface area contributed by atoms with Gasteiger partial charge in [0.05, 0.1) is 12.3 Å². The van der Waals surface area contributed by atoms with Crippen LogP contribution in [-0.2, 0) is 11.3 Å². The van der Waals surface area contributed by atoms with Crippen molar-refractivity contribution in [2.45, 2.75) is 19.4 Å². The third-order valence-electron chi connectivity index (χ3n) is 3.24. The maximum atomic E-state index is 5.60. The number of anilines is 1. The van der Waals surface area contributed by atoms with Gasteiger partial charge in [0, 0.05) is 38.6 Å². The van der Waals surface area contributed by atoms with Crippen LogP contribution in [0.5, 0.6) is 0 Å². The molecule has 0 amide bonds. The van der Waals surface area contributed by atoms with Crippen LogP contribution in [0.1, 0.15) is 18.5 Å². The minimum Gasteiger partial charge on any atom is -0.381 e. The molecule has 0 spiro atoms. The zero-order valence-corrected chi connectivity index (χ0v) is 10.4. The second-order valence-electron chi connectivity index (χ2n) is 4.67. The quantitative estimate of drug-likeness (QED) is 0.857. The Morgan fingerprint density at radius 1 is 1.59 bits per heavy atom. The molecule has 94 valence electrons. The predicted octanol–water partition coefficient (Wildman–Crippen LogP) is 1.40. The van der Waals surface area contributed by atoms with Crippen molar-refractivity contribution in [2.75, 3.05) is 31.7 Å². The first kappa shape index (κ1) is 12.3. The highest BCUT2D eigenvalue weighted by Crippen LogP contribution is 2.19. The summed E-state index contributed by atoms with van der Waals surface area (Å²) in [6, 6.07) is 4.09. The number of nitrogens with zero attached hydrogens (tertiary/aromatic N) is 2. The van der Waals surface area contributed by atoms with Crippen LogP contribution < -0.4 is 10.6 Å². The Morgan fingerprint density at radius 2 is 2.47 bits per heavy atom. The Morgan fingerprint density at radius 3 is 3.18 bits per heavy atom. The van der Waals surface area contributed by atoms with E-state index in [1.165, 1.54) is 18.5 Å². The topological polar surface area (TPSA) is 51.4 Å². The molecule has 0 saturated carbocycles. The first-order valence-electron chi connectivity index (χ1n) is 6.23. The number of pyridine rings is 1. The summed E-state index contributed by atoms with van der Waals surface area (Å²) in [4.78, 5) is 6.47. The summed E-state index contributed by atoms with van der Waals surface area (Å²) in [5.74, 6) is 0.642. The number of hydrogen-bond donors (Lipinski definition) is 1. The number of rotatable bonds is 4. The van der Waals surface area contributed by atoms with Crippen molar-refractivity contribution in [1.29, 1.82) is 0 Å². The normalized spacial score (nSPS) is 20.2. The smallest absolute Gasteiger partial charge is 0.0560 e. The molecule has 1 aliphatic heterocycles. The van der Waals surface area contributed by atoms with Crippen molar-refractivity contribution in [3.8, 4) is 0 Å². The van der Waals surface area contributed by atoms with Crippen LogP contribution in [0.2, 0.25) is 0 Å². The van der Waals surface area contributed by atoms with E-state index in [1.54, 1.807) is 0 Å². The largest absolute Gasteiger partial charge is 0.381 e. The van der Waals surface area contributed by atoms with Gasteiger partial charge in [0.25, 0.3) is 0 Å². The van der Waals surface area contributed by atoms with Crippen LogP contribution >= 0.6 is 0 Å². The van der Waals surface area contributed by atoms with E-state index in [0.29, 0.717) is 12.5 Å². The van der Waals surface area contributed by atoms with Crippen molar-refractivity contribution in [2.24, 2.45) is 11.7 Å². The van der Waals surface area contributed by atoms with Crippen molar-refractivity contribution in [3.05, 3.63) is 24.0 Å². The lowest BCUT2D eigenvalue weighted by Gasteiger charge is -2.28. The molecule has 1 fully saturated rings. The number of hydrogen-bond acceptors (Lipinski definition) is 4. The predicted molar refractivity (Wildman–Crippen MR) is 68.9 cm³/mol. The van der Waals surface area contributed by atoms with E-state index in [-0.39, 0.29) is 0 Å². The Bertz CT molecular complexity index is 350. The second-order valence-corrected chi connectivity index (χ2v) is 4.67. The molecule has 4 nitrogen and oxygen atoms in total. The second kappa shape index (κ2) is 5.98. The van der Waals surface area contributed by atoms with Crippen LogP contribution in [-0.4, -0.2) is 31.8 Å². The number of ether oxygens (including phenoxy) is 1. The molecule has 2 rings (SSSR count). The van der Waals surface area contributed by atoms with Crippen molar-refractivity contribution >= 4 is 5.69 Å². The van der Waals surface area contributed by atoms with Crippen LogP contribution in [0, 0.1) is 5.92 Å². The minimum atomic E-state index is 0.494. The lowest BCUT2D eigenvalue weighted by atomic mass is 10.0. The molecular weight excluding hydrogens is 214 g/mol. The average molecular weight is 235 g/mol. The van der Waals surface area contributed by atoms with Gasteiger partial charge >= 0.3 is 0 Å². The van der Waals surface area contributed by atoms with Crippen LogP contribution in [0.4, 0.5) is 5.69 Å². The molecule has 2 N–H and O–H groups in total. The number of nitrogens with two attached hydrogens (primary N) is 1. The standard InChI is InChI=1S/C13H21N3O/c1-16(9-11-3-2-6-17-10-11)13-4-5-15-12(7-13)8-14/h4-5,7,11H,2-3,6,8-10,14H2,1H3. The third kappa shape index (κ3) is 3.41. The Balaban J connectivity index is 1.95. The SMILES string of the molecule is CN(CC1CCCOC1)c1ccnc(CN)c1. The van der Waals surface area contributed by atoms with Gasteiger partial charge in [-0.05, 0) is 30.9 Å². The van der Waals surface area contributed by atoms with Gasteiger partial charge in [-0.3, -0.25) is 4.98 Å². The molecule has 1 aliphatic rings. The van der Waals surface area contributed by atoms with Crippen molar-refractivity contribution < 1.29 is 4.74 Å². The van der Waals surface area contributed by atoms with Gasteiger partial charge in [0.1, 0.15) is 0 Å². The molecular formula is C13H21N3O. The molecule has 1 unspecified atom stereocenters. The van der Waals surface area contributed by atoms with E-state index in [2.05, 4.69) is 23.0 Å². The summed E-state index contributed by atoms with van der Waals surface area (Å²) >= 11 is 0. The summed E-state index contributed by atoms with van der Waals surface area (Å²) in [6.07, 6.45) is 4.27. The van der Waals surface area contributed by atoms with E-state index >= 15 is 0 Å². The summed E-state index contributed by atoms with van der Waals surface area (Å²) in [6.45, 7) is 3.34. The first-order chi connectivity index (χ1) is 8.29. The highest BCUT2D eigenvalue weighted by Gasteiger charge is 2.16. The maximum Gasteiger partial charge on any atom is 0.0560 e. The van der Waals surface area contributed by atoms with Crippen LogP contribution in [0.25, 0.3) is 0 Å². The fourth-order valence-corrected chi connectivity index (χ4v) is 2.26. The minimum absolute atomic E-state index is 0.494. The average Bonchev–Trinajstić information content (AvgIpc) is 2.40. The summed E-state index contributed by atoms with van der Waals surface area (Å²) in [5.41, 5.74) is 7.73. The van der Waals surface area contributed by atoms with E-state index in [9.17, 15) is 0 Å². The zero-order valence-electron chi connectivity index (χ0n) is 10.4. The van der Waals surface area contributed by atoms with Gasteiger partial charge in [-0.25, -0.2) is 0 Å². The van der Waals surface area contributed by atoms with E-state index < -0.39 is 0 Å². The zero-order chi connectivity index (χ0) is 12.1. The highest BCUT2D eigenvalue weighted by molar-refractivity contribution is 5.45. The molecule has 1 aromatic heterocycles. The Hall–Kier alpha value is -1.13. The maximum absolute atomic E-state index is 5.60. The molecule has 0 bridgehead atoms. The fourth-order valence-electron chi connectivity index (χ4n) is 2.26.